The maximum absolute atomic E-state index is 9.85. The Morgan fingerprint density at radius 1 is 1.33 bits per heavy atom. The van der Waals surface area contributed by atoms with Crippen molar-refractivity contribution in [3.05, 3.63) is 47.4 Å². The van der Waals surface area contributed by atoms with Gasteiger partial charge in [0.05, 0.1) is 18.4 Å². The summed E-state index contributed by atoms with van der Waals surface area (Å²) >= 11 is 0. The Balaban J connectivity index is 2.30. The molecule has 6 nitrogen and oxygen atoms in total. The lowest BCUT2D eigenvalue weighted by Gasteiger charge is -2.34. The molecule has 1 aliphatic heterocycles. The third-order valence-corrected chi connectivity index (χ3v) is 3.38. The first kappa shape index (κ1) is 15.1. The molecule has 1 aromatic carbocycles. The average Bonchev–Trinajstić information content (AvgIpc) is 2.44. The number of allylic oxidation sites excluding steroid dienone is 1. The van der Waals surface area contributed by atoms with E-state index in [1.165, 1.54) is 0 Å². The molecule has 0 radical (unpaired) electrons. The lowest BCUT2D eigenvalue weighted by Crippen LogP contribution is -2.41. The highest BCUT2D eigenvalue weighted by molar-refractivity contribution is 5.69. The number of hydrogen-bond acceptors (Lipinski definition) is 6. The molecular formula is C15H22N4O2. The van der Waals surface area contributed by atoms with Crippen LogP contribution in [0, 0.1) is 0 Å². The Bertz CT molecular complexity index is 565. The minimum absolute atomic E-state index is 0.104. The zero-order valence-electron chi connectivity index (χ0n) is 12.1. The molecular weight excluding hydrogens is 268 g/mol. The predicted molar refractivity (Wildman–Crippen MR) is 82.7 cm³/mol. The van der Waals surface area contributed by atoms with Gasteiger partial charge in [0, 0.05) is 24.4 Å². The molecule has 0 aliphatic carbocycles. The van der Waals surface area contributed by atoms with Gasteiger partial charge >= 0.3 is 0 Å². The van der Waals surface area contributed by atoms with Gasteiger partial charge in [-0.05, 0) is 25.1 Å². The van der Waals surface area contributed by atoms with Gasteiger partial charge in [0.25, 0.3) is 0 Å². The van der Waals surface area contributed by atoms with Gasteiger partial charge in [-0.2, -0.15) is 0 Å². The van der Waals surface area contributed by atoms with Crippen molar-refractivity contribution in [3.8, 4) is 5.75 Å². The van der Waals surface area contributed by atoms with E-state index in [-0.39, 0.29) is 17.7 Å². The summed E-state index contributed by atoms with van der Waals surface area (Å²) in [5.74, 6) is 0.319. The van der Waals surface area contributed by atoms with Crippen molar-refractivity contribution in [3.63, 3.8) is 0 Å². The van der Waals surface area contributed by atoms with E-state index in [1.54, 1.807) is 24.3 Å². The van der Waals surface area contributed by atoms with Gasteiger partial charge in [-0.3, -0.25) is 0 Å². The van der Waals surface area contributed by atoms with Crippen molar-refractivity contribution in [1.29, 1.82) is 0 Å². The number of hydrogen-bond donors (Lipinski definition) is 4. The number of benzene rings is 1. The summed E-state index contributed by atoms with van der Waals surface area (Å²) in [5.41, 5.74) is 19.3. The highest BCUT2D eigenvalue weighted by atomic mass is 16.5. The third-order valence-electron chi connectivity index (χ3n) is 3.38. The molecule has 114 valence electrons. The zero-order chi connectivity index (χ0) is 15.4. The average molecular weight is 290 g/mol. The Morgan fingerprint density at radius 3 is 2.67 bits per heavy atom. The van der Waals surface area contributed by atoms with Crippen LogP contribution in [0.5, 0.6) is 5.75 Å². The first-order valence-electron chi connectivity index (χ1n) is 6.86. The summed E-state index contributed by atoms with van der Waals surface area (Å²) in [5, 5.41) is 9.85. The molecule has 6 heteroatoms. The highest BCUT2D eigenvalue weighted by Crippen LogP contribution is 2.23. The topological polar surface area (TPSA) is 111 Å². The second kappa shape index (κ2) is 6.41. The van der Waals surface area contributed by atoms with Crippen LogP contribution in [-0.2, 0) is 4.74 Å². The Labute approximate surface area is 124 Å². The Kier molecular flexibility index (Phi) is 4.59. The molecule has 1 saturated heterocycles. The summed E-state index contributed by atoms with van der Waals surface area (Å²) in [6.45, 7) is 3.99. The van der Waals surface area contributed by atoms with E-state index in [9.17, 15) is 5.11 Å². The van der Waals surface area contributed by atoms with Crippen LogP contribution in [0.1, 0.15) is 12.5 Å². The van der Waals surface area contributed by atoms with E-state index in [1.807, 2.05) is 17.9 Å². The monoisotopic (exact) mass is 290 g/mol. The van der Waals surface area contributed by atoms with Crippen molar-refractivity contribution in [2.45, 2.75) is 13.0 Å². The van der Waals surface area contributed by atoms with Gasteiger partial charge in [-0.15, -0.1) is 0 Å². The van der Waals surface area contributed by atoms with Crippen molar-refractivity contribution in [2.24, 2.45) is 17.2 Å². The number of morpholine rings is 1. The van der Waals surface area contributed by atoms with Crippen LogP contribution in [0.2, 0.25) is 0 Å². The van der Waals surface area contributed by atoms with Gasteiger partial charge in [0.1, 0.15) is 11.6 Å². The maximum Gasteiger partial charge on any atom is 0.124 e. The molecule has 1 heterocycles. The van der Waals surface area contributed by atoms with Crippen LogP contribution in [0.15, 0.2) is 41.9 Å². The third kappa shape index (κ3) is 3.61. The van der Waals surface area contributed by atoms with Gasteiger partial charge in [-0.25, -0.2) is 0 Å². The number of para-hydroxylation sites is 1. The fourth-order valence-electron chi connectivity index (χ4n) is 2.34. The smallest absolute Gasteiger partial charge is 0.124 e. The molecule has 1 aromatic rings. The number of ether oxygens (including phenoxy) is 1. The highest BCUT2D eigenvalue weighted by Gasteiger charge is 2.19. The molecule has 0 aromatic heterocycles. The van der Waals surface area contributed by atoms with Crippen LogP contribution >= 0.6 is 0 Å². The summed E-state index contributed by atoms with van der Waals surface area (Å²) in [4.78, 5) is 2.04. The first-order valence-corrected chi connectivity index (χ1v) is 6.86. The summed E-state index contributed by atoms with van der Waals surface area (Å²) < 4.78 is 5.51. The quantitative estimate of drug-likeness (QED) is 0.603. The molecule has 1 unspecified atom stereocenters. The number of aromatic hydroxyl groups is 1. The van der Waals surface area contributed by atoms with Gasteiger partial charge in [-0.1, -0.05) is 12.1 Å². The van der Waals surface area contributed by atoms with E-state index in [0.717, 1.165) is 0 Å². The minimum atomic E-state index is 0.104. The number of phenolic OH excluding ortho intramolecular Hbond substituents is 1. The van der Waals surface area contributed by atoms with Gasteiger partial charge < -0.3 is 31.9 Å². The summed E-state index contributed by atoms with van der Waals surface area (Å²) in [7, 11) is 0. The van der Waals surface area contributed by atoms with E-state index < -0.39 is 0 Å². The molecule has 0 amide bonds. The van der Waals surface area contributed by atoms with Gasteiger partial charge in [0.15, 0.2) is 0 Å². The molecule has 7 N–H and O–H groups in total. The second-order valence-electron chi connectivity index (χ2n) is 5.08. The van der Waals surface area contributed by atoms with Crippen LogP contribution in [-0.4, -0.2) is 35.8 Å². The molecule has 0 bridgehead atoms. The molecule has 1 aliphatic rings. The largest absolute Gasteiger partial charge is 0.507 e. The predicted octanol–water partition coefficient (Wildman–Crippen LogP) is 0.499. The normalized spacial score (nSPS) is 19.4. The number of nitrogens with two attached hydrogens (primary N) is 3. The zero-order valence-corrected chi connectivity index (χ0v) is 12.1. The van der Waals surface area contributed by atoms with Crippen molar-refractivity contribution in [2.75, 3.05) is 19.7 Å². The van der Waals surface area contributed by atoms with Crippen molar-refractivity contribution in [1.82, 2.24) is 4.90 Å². The SMILES string of the molecule is CC1CN(C(/C=C(\N)c2ccccc2O)=C(N)N)CCO1. The van der Waals surface area contributed by atoms with Gasteiger partial charge in [0.2, 0.25) is 0 Å². The second-order valence-corrected chi connectivity index (χ2v) is 5.08. The molecule has 0 spiro atoms. The maximum atomic E-state index is 9.85. The number of rotatable bonds is 3. The number of nitrogens with zero attached hydrogens (tertiary/aromatic N) is 1. The van der Waals surface area contributed by atoms with Crippen LogP contribution in [0.3, 0.4) is 0 Å². The first-order chi connectivity index (χ1) is 9.99. The van der Waals surface area contributed by atoms with Crippen molar-refractivity contribution >= 4 is 5.70 Å². The molecule has 1 atom stereocenters. The van der Waals surface area contributed by atoms with Crippen LogP contribution in [0.4, 0.5) is 0 Å². The summed E-state index contributed by atoms with van der Waals surface area (Å²) in [6.07, 6.45) is 1.80. The number of phenols is 1. The lowest BCUT2D eigenvalue weighted by molar-refractivity contribution is -0.00485. The standard InChI is InChI=1S/C15H22N4O2/c1-10-9-19(6-7-21-10)13(15(17)18)8-12(16)11-4-2-3-5-14(11)20/h2-5,8,10,20H,6-7,9,16-18H2,1H3/b12-8-. The van der Waals surface area contributed by atoms with E-state index >= 15 is 0 Å². The van der Waals surface area contributed by atoms with E-state index in [2.05, 4.69) is 0 Å². The fraction of sp³-hybridized carbons (Fsp3) is 0.333. The summed E-state index contributed by atoms with van der Waals surface area (Å²) in [6, 6.07) is 6.88. The Morgan fingerprint density at radius 2 is 2.05 bits per heavy atom. The Hall–Kier alpha value is -2.34. The van der Waals surface area contributed by atoms with Crippen molar-refractivity contribution < 1.29 is 9.84 Å². The van der Waals surface area contributed by atoms with E-state index in [4.69, 9.17) is 21.9 Å². The fourth-order valence-corrected chi connectivity index (χ4v) is 2.34. The molecule has 1 fully saturated rings. The minimum Gasteiger partial charge on any atom is -0.507 e. The molecule has 2 rings (SSSR count). The lowest BCUT2D eigenvalue weighted by atomic mass is 10.1. The van der Waals surface area contributed by atoms with Crippen LogP contribution in [0.25, 0.3) is 5.70 Å². The van der Waals surface area contributed by atoms with E-state index in [0.29, 0.717) is 36.7 Å². The van der Waals surface area contributed by atoms with Crippen LogP contribution < -0.4 is 17.2 Å². The molecule has 0 saturated carbocycles. The molecule has 21 heavy (non-hydrogen) atoms.